The lowest BCUT2D eigenvalue weighted by Gasteiger charge is -2.17. The maximum Gasteiger partial charge on any atom is 0.478 e. The first-order valence-electron chi connectivity index (χ1n) is 6.71. The first-order chi connectivity index (χ1) is 10.2. The zero-order valence-corrected chi connectivity index (χ0v) is 12.5. The molecule has 0 aromatic carbocycles. The summed E-state index contributed by atoms with van der Waals surface area (Å²) in [6.07, 6.45) is 4.18. The minimum atomic E-state index is -1.04. The number of hydrogen-bond donors (Lipinski definition) is 2. The molecular weight excluding hydrogens is 291 g/mol. The molecule has 2 rings (SSSR count). The van der Waals surface area contributed by atoms with Crippen LogP contribution in [-0.4, -0.2) is 42.9 Å². The second-order valence-corrected chi connectivity index (χ2v) is 5.29. The molecule has 8 heteroatoms. The van der Waals surface area contributed by atoms with Gasteiger partial charge >= 0.3 is 7.12 Å². The van der Waals surface area contributed by atoms with E-state index in [-0.39, 0.29) is 5.71 Å². The fourth-order valence-corrected chi connectivity index (χ4v) is 2.51. The summed E-state index contributed by atoms with van der Waals surface area (Å²) in [5.74, 6) is -0.906. The quantitative estimate of drug-likeness (QED) is 0.368. The molecule has 0 radical (unpaired) electrons. The molecule has 0 fully saturated rings. The lowest BCUT2D eigenvalue weighted by atomic mass is 9.77. The van der Waals surface area contributed by atoms with Crippen LogP contribution in [-0.2, 0) is 14.3 Å². The summed E-state index contributed by atoms with van der Waals surface area (Å²) in [6.45, 7) is 2.50. The fraction of sp³-hybridized carbons (Fsp3) is 0.385. The Morgan fingerprint density at radius 1 is 1.67 bits per heavy atom. The van der Waals surface area contributed by atoms with Gasteiger partial charge in [-0.3, -0.25) is 4.79 Å². The number of nitrogens with zero attached hydrogens (tertiary/aromatic N) is 1. The van der Waals surface area contributed by atoms with Gasteiger partial charge in [0, 0.05) is 6.61 Å². The highest BCUT2D eigenvalue weighted by atomic mass is 32.1. The van der Waals surface area contributed by atoms with Crippen LogP contribution in [0.4, 0.5) is 0 Å². The molecule has 1 unspecified atom stereocenters. The van der Waals surface area contributed by atoms with Crippen LogP contribution in [0.25, 0.3) is 0 Å². The highest BCUT2D eigenvalue weighted by molar-refractivity contribution is 7.13. The van der Waals surface area contributed by atoms with Gasteiger partial charge < -0.3 is 19.8 Å². The van der Waals surface area contributed by atoms with Gasteiger partial charge in [-0.25, -0.2) is 0 Å². The molecule has 0 aliphatic carbocycles. The van der Waals surface area contributed by atoms with E-state index in [0.717, 1.165) is 0 Å². The maximum atomic E-state index is 12.4. The van der Waals surface area contributed by atoms with E-state index in [1.54, 1.807) is 13.0 Å². The first kappa shape index (κ1) is 15.7. The van der Waals surface area contributed by atoms with Crippen LogP contribution in [0.3, 0.4) is 0 Å². The zero-order valence-electron chi connectivity index (χ0n) is 11.7. The predicted octanol–water partition coefficient (Wildman–Crippen LogP) is 0.970. The van der Waals surface area contributed by atoms with Gasteiger partial charge in [-0.05, 0) is 24.8 Å². The summed E-state index contributed by atoms with van der Waals surface area (Å²) >= 11 is 1.40. The lowest BCUT2D eigenvalue weighted by Crippen LogP contribution is -2.49. The van der Waals surface area contributed by atoms with Crippen LogP contribution >= 0.6 is 11.3 Å². The fourth-order valence-electron chi connectivity index (χ4n) is 1.81. The van der Waals surface area contributed by atoms with Crippen molar-refractivity contribution < 1.29 is 19.3 Å². The molecule has 1 aliphatic heterocycles. The van der Waals surface area contributed by atoms with Crippen molar-refractivity contribution in [2.75, 3.05) is 13.2 Å². The molecule has 1 aromatic heterocycles. The average molecular weight is 308 g/mol. The van der Waals surface area contributed by atoms with Gasteiger partial charge in [0.05, 0.1) is 10.8 Å². The van der Waals surface area contributed by atoms with E-state index in [0.29, 0.717) is 24.5 Å². The number of carbonyl (C=O) groups is 1. The molecule has 1 atom stereocenters. The third kappa shape index (κ3) is 4.42. The van der Waals surface area contributed by atoms with Crippen molar-refractivity contribution in [1.82, 2.24) is 5.32 Å². The van der Waals surface area contributed by atoms with E-state index >= 15 is 0 Å². The van der Waals surface area contributed by atoms with Crippen molar-refractivity contribution in [2.24, 2.45) is 5.16 Å². The van der Waals surface area contributed by atoms with Gasteiger partial charge in [0.2, 0.25) is 0 Å². The van der Waals surface area contributed by atoms with E-state index in [2.05, 4.69) is 10.5 Å². The van der Waals surface area contributed by atoms with Gasteiger partial charge in [0.15, 0.2) is 5.71 Å². The highest BCUT2D eigenvalue weighted by Gasteiger charge is 2.30. The van der Waals surface area contributed by atoms with Crippen molar-refractivity contribution in [2.45, 2.75) is 19.3 Å². The molecule has 21 heavy (non-hydrogen) atoms. The van der Waals surface area contributed by atoms with E-state index in [4.69, 9.17) is 9.49 Å². The molecule has 6 nitrogen and oxygen atoms in total. The van der Waals surface area contributed by atoms with Crippen molar-refractivity contribution in [3.05, 3.63) is 34.5 Å². The van der Waals surface area contributed by atoms with E-state index in [1.807, 2.05) is 23.6 Å². The summed E-state index contributed by atoms with van der Waals surface area (Å²) in [7, 11) is -1.04. The summed E-state index contributed by atoms with van der Waals surface area (Å²) in [5, 5.41) is 18.3. The number of amides is 1. The van der Waals surface area contributed by atoms with Crippen LogP contribution in [0.2, 0.25) is 0 Å². The largest absolute Gasteiger partial charge is 0.478 e. The summed E-state index contributed by atoms with van der Waals surface area (Å²) in [6, 6.07) is 3.63. The third-order valence-corrected chi connectivity index (χ3v) is 3.71. The van der Waals surface area contributed by atoms with Gasteiger partial charge in [0.25, 0.3) is 5.91 Å². The molecule has 112 valence electrons. The summed E-state index contributed by atoms with van der Waals surface area (Å²) in [5.41, 5.74) is 0.201. The van der Waals surface area contributed by atoms with Crippen LogP contribution in [0.15, 0.2) is 34.8 Å². The minimum absolute atomic E-state index is 0.201. The Kier molecular flexibility index (Phi) is 5.97. The van der Waals surface area contributed by atoms with Gasteiger partial charge in [0.1, 0.15) is 6.61 Å². The molecule has 1 aliphatic rings. The van der Waals surface area contributed by atoms with Crippen LogP contribution in [0.5, 0.6) is 0 Å². The Bertz CT molecular complexity index is 518. The van der Waals surface area contributed by atoms with Crippen molar-refractivity contribution in [3.63, 3.8) is 0 Å². The van der Waals surface area contributed by atoms with Gasteiger partial charge in [-0.1, -0.05) is 23.4 Å². The maximum absolute atomic E-state index is 12.4. The Hall–Kier alpha value is -1.64. The van der Waals surface area contributed by atoms with E-state index < -0.39 is 19.0 Å². The SMILES string of the molecule is CCON=C(C(=O)NC1CC=CCOB1O)c1cccs1. The average Bonchev–Trinajstić information content (AvgIpc) is 2.92. The molecule has 0 bridgehead atoms. The standard InChI is InChI=1S/C13H17BN2O4S/c1-2-20-16-12(10-6-5-9-21-10)13(17)15-11-7-3-4-8-19-14(11)18/h3-6,9,11,18H,2,7-8H2,1H3,(H,15,17). The topological polar surface area (TPSA) is 80.2 Å². The zero-order chi connectivity index (χ0) is 15.1. The van der Waals surface area contributed by atoms with Crippen LogP contribution < -0.4 is 5.32 Å². The Labute approximate surface area is 127 Å². The number of oxime groups is 1. The third-order valence-electron chi connectivity index (χ3n) is 2.84. The molecule has 1 aromatic rings. The molecule has 0 spiro atoms. The summed E-state index contributed by atoms with van der Waals surface area (Å²) in [4.78, 5) is 18.1. The Morgan fingerprint density at radius 3 is 3.24 bits per heavy atom. The summed E-state index contributed by atoms with van der Waals surface area (Å²) < 4.78 is 5.15. The normalized spacial score (nSPS) is 19.2. The number of hydrogen-bond acceptors (Lipinski definition) is 6. The van der Waals surface area contributed by atoms with Gasteiger partial charge in [-0.15, -0.1) is 11.3 Å². The molecular formula is C13H17BN2O4S. The van der Waals surface area contributed by atoms with E-state index in [1.165, 1.54) is 11.3 Å². The van der Waals surface area contributed by atoms with Crippen molar-refractivity contribution in [1.29, 1.82) is 0 Å². The molecule has 2 heterocycles. The van der Waals surface area contributed by atoms with Gasteiger partial charge in [-0.2, -0.15) is 0 Å². The van der Waals surface area contributed by atoms with Crippen LogP contribution in [0, 0.1) is 0 Å². The second-order valence-electron chi connectivity index (χ2n) is 4.35. The smallest absolute Gasteiger partial charge is 0.426 e. The molecule has 1 amide bonds. The second kappa shape index (κ2) is 7.97. The number of thiophene rings is 1. The molecule has 0 saturated heterocycles. The monoisotopic (exact) mass is 308 g/mol. The minimum Gasteiger partial charge on any atom is -0.426 e. The highest BCUT2D eigenvalue weighted by Crippen LogP contribution is 2.12. The first-order valence-corrected chi connectivity index (χ1v) is 7.59. The van der Waals surface area contributed by atoms with Crippen LogP contribution in [0.1, 0.15) is 18.2 Å². The number of nitrogens with one attached hydrogen (secondary N) is 1. The van der Waals surface area contributed by atoms with Crippen molar-refractivity contribution >= 4 is 30.1 Å². The van der Waals surface area contributed by atoms with Crippen molar-refractivity contribution in [3.8, 4) is 0 Å². The number of carbonyl (C=O) groups excluding carboxylic acids is 1. The lowest BCUT2D eigenvalue weighted by molar-refractivity contribution is -0.115. The Morgan fingerprint density at radius 2 is 2.52 bits per heavy atom. The predicted molar refractivity (Wildman–Crippen MR) is 82.1 cm³/mol. The Balaban J connectivity index is 2.09. The molecule has 2 N–H and O–H groups in total. The number of rotatable bonds is 5. The molecule has 0 saturated carbocycles. The van der Waals surface area contributed by atoms with E-state index in [9.17, 15) is 9.82 Å².